The number of Topliss-reactive ketones (excluding diaryl/α,β-unsaturated/α-hetero) is 1. The number of ether oxygens (including phenoxy) is 1. The van der Waals surface area contributed by atoms with Crippen LogP contribution in [0.5, 0.6) is 0 Å². The first-order chi connectivity index (χ1) is 13.1. The standard InChI is InChI=1S/C22H28O5S/c1-13-4-5-18(28(3,25)26)9-19(13)21(24)27-14(2)20(23)22-10-15-6-16(11-22)8-17(7-15)12-22/h4-5,9,14-17H,6-8,10-12H2,1-3H3. The molecular formula is C22H28O5S. The molecule has 1 aromatic carbocycles. The van der Waals surface area contributed by atoms with E-state index < -0.39 is 21.9 Å². The van der Waals surface area contributed by atoms with Gasteiger partial charge in [0.2, 0.25) is 0 Å². The molecule has 4 bridgehead atoms. The van der Waals surface area contributed by atoms with E-state index in [-0.39, 0.29) is 21.7 Å². The van der Waals surface area contributed by atoms with E-state index in [9.17, 15) is 18.0 Å². The summed E-state index contributed by atoms with van der Waals surface area (Å²) in [4.78, 5) is 26.1. The van der Waals surface area contributed by atoms with Gasteiger partial charge in [0.25, 0.3) is 0 Å². The van der Waals surface area contributed by atoms with Gasteiger partial charge in [-0.05, 0) is 87.8 Å². The van der Waals surface area contributed by atoms with Gasteiger partial charge in [0, 0.05) is 11.7 Å². The molecular weight excluding hydrogens is 376 g/mol. The summed E-state index contributed by atoms with van der Waals surface area (Å²) in [6.45, 7) is 3.39. The molecule has 152 valence electrons. The van der Waals surface area contributed by atoms with E-state index in [4.69, 9.17) is 4.74 Å². The van der Waals surface area contributed by atoms with Crippen LogP contribution in [0.15, 0.2) is 23.1 Å². The molecule has 0 saturated heterocycles. The molecule has 0 amide bonds. The largest absolute Gasteiger partial charge is 0.451 e. The number of rotatable bonds is 5. The van der Waals surface area contributed by atoms with E-state index in [1.807, 2.05) is 0 Å². The number of hydrogen-bond acceptors (Lipinski definition) is 5. The number of esters is 1. The van der Waals surface area contributed by atoms with Gasteiger partial charge in [-0.15, -0.1) is 0 Å². The molecule has 1 unspecified atom stereocenters. The van der Waals surface area contributed by atoms with Crippen molar-refractivity contribution < 1.29 is 22.7 Å². The highest BCUT2D eigenvalue weighted by Gasteiger charge is 2.55. The lowest BCUT2D eigenvalue weighted by molar-refractivity contribution is -0.152. The average molecular weight is 405 g/mol. The Morgan fingerprint density at radius 3 is 2.11 bits per heavy atom. The van der Waals surface area contributed by atoms with E-state index in [2.05, 4.69) is 0 Å². The predicted octanol–water partition coefficient (Wildman–Crippen LogP) is 3.73. The second kappa shape index (κ2) is 6.68. The average Bonchev–Trinajstić information content (AvgIpc) is 2.59. The van der Waals surface area contributed by atoms with Crippen molar-refractivity contribution in [1.82, 2.24) is 0 Å². The Kier molecular flexibility index (Phi) is 4.68. The smallest absolute Gasteiger partial charge is 0.339 e. The summed E-state index contributed by atoms with van der Waals surface area (Å²) < 4.78 is 29.2. The van der Waals surface area contributed by atoms with Crippen molar-refractivity contribution in [3.05, 3.63) is 29.3 Å². The fourth-order valence-electron chi connectivity index (χ4n) is 6.17. The summed E-state index contributed by atoms with van der Waals surface area (Å²) in [7, 11) is -3.43. The molecule has 4 aliphatic carbocycles. The lowest BCUT2D eigenvalue weighted by Gasteiger charge is -2.56. The monoisotopic (exact) mass is 404 g/mol. The number of hydrogen-bond donors (Lipinski definition) is 0. The van der Waals surface area contributed by atoms with Gasteiger partial charge >= 0.3 is 5.97 Å². The Bertz CT molecular complexity index is 895. The highest BCUT2D eigenvalue weighted by atomic mass is 32.2. The molecule has 5 rings (SSSR count). The fraction of sp³-hybridized carbons (Fsp3) is 0.636. The normalized spacial score (nSPS) is 32.2. The molecule has 4 fully saturated rings. The van der Waals surface area contributed by atoms with E-state index in [1.165, 1.54) is 31.4 Å². The summed E-state index contributed by atoms with van der Waals surface area (Å²) in [6, 6.07) is 4.42. The highest BCUT2D eigenvalue weighted by molar-refractivity contribution is 7.90. The zero-order chi connectivity index (χ0) is 20.3. The molecule has 4 aliphatic rings. The van der Waals surface area contributed by atoms with Crippen LogP contribution in [0.1, 0.15) is 61.4 Å². The molecule has 0 radical (unpaired) electrons. The number of aryl methyl sites for hydroxylation is 1. The first-order valence-electron chi connectivity index (χ1n) is 10.1. The van der Waals surface area contributed by atoms with E-state index in [0.29, 0.717) is 23.3 Å². The summed E-state index contributed by atoms with van der Waals surface area (Å²) in [5.41, 5.74) is 0.512. The molecule has 0 spiro atoms. The van der Waals surface area contributed by atoms with Crippen LogP contribution in [0.4, 0.5) is 0 Å². The summed E-state index contributed by atoms with van der Waals surface area (Å²) >= 11 is 0. The molecule has 28 heavy (non-hydrogen) atoms. The van der Waals surface area contributed by atoms with Gasteiger partial charge in [-0.2, -0.15) is 0 Å². The van der Waals surface area contributed by atoms with Crippen LogP contribution in [0.2, 0.25) is 0 Å². The minimum atomic E-state index is -3.43. The third-order valence-electron chi connectivity index (χ3n) is 7.07. The number of sulfone groups is 1. The molecule has 0 heterocycles. The molecule has 1 aromatic rings. The number of carbonyl (C=O) groups is 2. The van der Waals surface area contributed by atoms with Gasteiger partial charge in [-0.3, -0.25) is 4.79 Å². The zero-order valence-electron chi connectivity index (χ0n) is 16.7. The third kappa shape index (κ3) is 3.40. The minimum absolute atomic E-state index is 0.0527. The van der Waals surface area contributed by atoms with E-state index >= 15 is 0 Å². The second-order valence-electron chi connectivity index (χ2n) is 9.36. The molecule has 0 aliphatic heterocycles. The summed E-state index contributed by atoms with van der Waals surface area (Å²) in [5, 5.41) is 0. The molecule has 5 nitrogen and oxygen atoms in total. The highest BCUT2D eigenvalue weighted by Crippen LogP contribution is 2.60. The van der Waals surface area contributed by atoms with Crippen molar-refractivity contribution in [1.29, 1.82) is 0 Å². The first kappa shape index (κ1) is 19.6. The summed E-state index contributed by atoms with van der Waals surface area (Å²) in [5.74, 6) is 1.36. The Morgan fingerprint density at radius 2 is 1.61 bits per heavy atom. The Labute approximate surface area is 166 Å². The van der Waals surface area contributed by atoms with Crippen LogP contribution in [-0.4, -0.2) is 32.5 Å². The second-order valence-corrected chi connectivity index (χ2v) is 11.4. The number of benzene rings is 1. The van der Waals surface area contributed by atoms with Crippen molar-refractivity contribution in [2.24, 2.45) is 23.2 Å². The van der Waals surface area contributed by atoms with Crippen LogP contribution >= 0.6 is 0 Å². The fourth-order valence-corrected chi connectivity index (χ4v) is 6.82. The van der Waals surface area contributed by atoms with Gasteiger partial charge in [0.15, 0.2) is 21.7 Å². The Morgan fingerprint density at radius 1 is 1.07 bits per heavy atom. The van der Waals surface area contributed by atoms with Crippen LogP contribution in [0.3, 0.4) is 0 Å². The maximum atomic E-state index is 13.3. The van der Waals surface area contributed by atoms with Gasteiger partial charge in [-0.1, -0.05) is 6.07 Å². The van der Waals surface area contributed by atoms with Crippen LogP contribution in [0, 0.1) is 30.1 Å². The predicted molar refractivity (Wildman–Crippen MR) is 105 cm³/mol. The van der Waals surface area contributed by atoms with Crippen molar-refractivity contribution in [3.63, 3.8) is 0 Å². The maximum Gasteiger partial charge on any atom is 0.339 e. The molecule has 6 heteroatoms. The lowest BCUT2D eigenvalue weighted by Crippen LogP contribution is -2.52. The van der Waals surface area contributed by atoms with Gasteiger partial charge in [0.1, 0.15) is 0 Å². The van der Waals surface area contributed by atoms with Gasteiger partial charge < -0.3 is 4.74 Å². The van der Waals surface area contributed by atoms with Crippen LogP contribution < -0.4 is 0 Å². The number of ketones is 1. The van der Waals surface area contributed by atoms with Gasteiger partial charge in [-0.25, -0.2) is 13.2 Å². The Hall–Kier alpha value is -1.69. The molecule has 0 N–H and O–H groups in total. The van der Waals surface area contributed by atoms with E-state index in [0.717, 1.165) is 25.5 Å². The minimum Gasteiger partial charge on any atom is -0.451 e. The third-order valence-corrected chi connectivity index (χ3v) is 8.18. The number of carbonyl (C=O) groups excluding carboxylic acids is 2. The molecule has 1 atom stereocenters. The van der Waals surface area contributed by atoms with Crippen molar-refractivity contribution in [2.75, 3.05) is 6.26 Å². The quantitative estimate of drug-likeness (QED) is 0.699. The SMILES string of the molecule is Cc1ccc(S(C)(=O)=O)cc1C(=O)OC(C)C(=O)C12CC3CC(CC(C3)C1)C2. The van der Waals surface area contributed by atoms with Crippen LogP contribution in [-0.2, 0) is 19.4 Å². The zero-order valence-corrected chi connectivity index (χ0v) is 17.6. The van der Waals surface area contributed by atoms with Crippen molar-refractivity contribution >= 4 is 21.6 Å². The molecule has 0 aromatic heterocycles. The lowest BCUT2D eigenvalue weighted by atomic mass is 9.48. The van der Waals surface area contributed by atoms with Crippen molar-refractivity contribution in [2.45, 2.75) is 63.4 Å². The topological polar surface area (TPSA) is 77.5 Å². The molecule has 4 saturated carbocycles. The van der Waals surface area contributed by atoms with E-state index in [1.54, 1.807) is 19.9 Å². The van der Waals surface area contributed by atoms with Gasteiger partial charge in [0.05, 0.1) is 10.5 Å². The Balaban J connectivity index is 1.52. The maximum absolute atomic E-state index is 13.3. The van der Waals surface area contributed by atoms with Crippen molar-refractivity contribution in [3.8, 4) is 0 Å². The summed E-state index contributed by atoms with van der Waals surface area (Å²) in [6.07, 6.45) is 6.83. The first-order valence-corrected chi connectivity index (χ1v) is 12.0. The van der Waals surface area contributed by atoms with Crippen LogP contribution in [0.25, 0.3) is 0 Å².